The van der Waals surface area contributed by atoms with Crippen molar-refractivity contribution in [3.8, 4) is 10.6 Å². The summed E-state index contributed by atoms with van der Waals surface area (Å²) in [4.78, 5) is 29.6. The maximum Gasteiger partial charge on any atom is 0.267 e. The Bertz CT molecular complexity index is 1300. The fourth-order valence-electron chi connectivity index (χ4n) is 3.98. The third kappa shape index (κ3) is 4.92. The lowest BCUT2D eigenvalue weighted by atomic mass is 10.2. The van der Waals surface area contributed by atoms with E-state index in [4.69, 9.17) is 0 Å². The Labute approximate surface area is 202 Å². The summed E-state index contributed by atoms with van der Waals surface area (Å²) in [5.41, 5.74) is 4.24. The van der Waals surface area contributed by atoms with Crippen molar-refractivity contribution in [3.05, 3.63) is 76.9 Å². The number of nitrogens with zero attached hydrogens (tertiary/aromatic N) is 4. The second-order valence-corrected chi connectivity index (χ2v) is 9.34. The molecule has 0 atom stereocenters. The minimum Gasteiger partial charge on any atom is -0.356 e. The van der Waals surface area contributed by atoms with Crippen molar-refractivity contribution in [1.82, 2.24) is 15.0 Å². The molecule has 0 radical (unpaired) electrons. The first-order chi connectivity index (χ1) is 16.5. The van der Waals surface area contributed by atoms with Crippen LogP contribution < -0.4 is 15.5 Å². The van der Waals surface area contributed by atoms with Crippen LogP contribution in [0, 0.1) is 13.8 Å². The van der Waals surface area contributed by atoms with E-state index < -0.39 is 0 Å². The van der Waals surface area contributed by atoms with Gasteiger partial charge in [0, 0.05) is 41.8 Å². The van der Waals surface area contributed by atoms with Crippen LogP contribution in [0.1, 0.15) is 33.9 Å². The van der Waals surface area contributed by atoms with E-state index in [2.05, 4.69) is 30.5 Å². The third-order valence-electron chi connectivity index (χ3n) is 5.69. The number of benzene rings is 2. The van der Waals surface area contributed by atoms with Crippen molar-refractivity contribution in [3.63, 3.8) is 0 Å². The van der Waals surface area contributed by atoms with Gasteiger partial charge >= 0.3 is 0 Å². The van der Waals surface area contributed by atoms with Gasteiger partial charge in [0.2, 0.25) is 5.95 Å². The van der Waals surface area contributed by atoms with Crippen molar-refractivity contribution in [2.75, 3.05) is 28.6 Å². The van der Waals surface area contributed by atoms with E-state index in [1.807, 2.05) is 74.5 Å². The lowest BCUT2D eigenvalue weighted by molar-refractivity contribution is 0.103. The first-order valence-electron chi connectivity index (χ1n) is 11.4. The fourth-order valence-corrected chi connectivity index (χ4v) is 4.95. The summed E-state index contributed by atoms with van der Waals surface area (Å²) in [6.07, 6.45) is 2.40. The summed E-state index contributed by atoms with van der Waals surface area (Å²) in [6.45, 7) is 5.92. The molecular weight excluding hydrogens is 444 g/mol. The highest BCUT2D eigenvalue weighted by Gasteiger charge is 2.17. The van der Waals surface area contributed by atoms with Gasteiger partial charge < -0.3 is 15.5 Å². The van der Waals surface area contributed by atoms with Crippen molar-refractivity contribution in [2.45, 2.75) is 26.7 Å². The molecule has 2 N–H and O–H groups in total. The molecule has 2 aromatic heterocycles. The van der Waals surface area contributed by atoms with E-state index in [0.29, 0.717) is 16.5 Å². The molecule has 5 rings (SSSR count). The molecule has 3 heterocycles. The first kappa shape index (κ1) is 22.0. The van der Waals surface area contributed by atoms with E-state index in [1.165, 1.54) is 24.2 Å². The molecule has 4 aromatic rings. The van der Waals surface area contributed by atoms with Gasteiger partial charge in [0.25, 0.3) is 5.91 Å². The highest BCUT2D eigenvalue weighted by Crippen LogP contribution is 2.29. The number of thiazole rings is 1. The van der Waals surface area contributed by atoms with E-state index in [-0.39, 0.29) is 5.91 Å². The molecule has 1 saturated heterocycles. The van der Waals surface area contributed by atoms with Gasteiger partial charge in [0.1, 0.15) is 15.7 Å². The molecule has 1 aliphatic rings. The van der Waals surface area contributed by atoms with E-state index >= 15 is 0 Å². The molecule has 1 aliphatic heterocycles. The average Bonchev–Trinajstić information content (AvgIpc) is 3.51. The summed E-state index contributed by atoms with van der Waals surface area (Å²) in [5.74, 6) is 1.38. The Kier molecular flexibility index (Phi) is 6.22. The normalized spacial score (nSPS) is 13.2. The van der Waals surface area contributed by atoms with Crippen LogP contribution in [0.4, 0.5) is 23.1 Å². The molecular formula is C26H26N6OS. The van der Waals surface area contributed by atoms with Crippen molar-refractivity contribution in [1.29, 1.82) is 0 Å². The largest absolute Gasteiger partial charge is 0.356 e. The van der Waals surface area contributed by atoms with Gasteiger partial charge in [-0.1, -0.05) is 30.3 Å². The molecule has 0 aliphatic carbocycles. The number of aromatic nitrogens is 3. The summed E-state index contributed by atoms with van der Waals surface area (Å²) >= 11 is 1.40. The monoisotopic (exact) mass is 470 g/mol. The summed E-state index contributed by atoms with van der Waals surface area (Å²) in [6, 6.07) is 19.5. The maximum absolute atomic E-state index is 12.9. The second kappa shape index (κ2) is 9.61. The number of nitrogens with one attached hydrogen (secondary N) is 2. The quantitative estimate of drug-likeness (QED) is 0.370. The van der Waals surface area contributed by atoms with E-state index in [9.17, 15) is 4.79 Å². The maximum atomic E-state index is 12.9. The third-order valence-corrected chi connectivity index (χ3v) is 6.90. The van der Waals surface area contributed by atoms with Gasteiger partial charge in [-0.2, -0.15) is 4.98 Å². The van der Waals surface area contributed by atoms with Crippen LogP contribution in [0.2, 0.25) is 0 Å². The Morgan fingerprint density at radius 2 is 1.62 bits per heavy atom. The fraction of sp³-hybridized carbons (Fsp3) is 0.231. The second-order valence-electron chi connectivity index (χ2n) is 8.34. The summed E-state index contributed by atoms with van der Waals surface area (Å²) < 4.78 is 0. The van der Waals surface area contributed by atoms with Crippen LogP contribution in [-0.2, 0) is 0 Å². The standard InChI is InChI=1S/C26H26N6OS/c1-17-16-22(32-14-6-7-15-32)31-26(27-17)30-21-12-10-20(11-13-21)29-24(33)23-18(2)28-25(34-23)19-8-4-3-5-9-19/h3-5,8-13,16H,6-7,14-15H2,1-2H3,(H,29,33)(H,27,30,31). The number of amides is 1. The molecule has 0 spiro atoms. The molecule has 7 nitrogen and oxygen atoms in total. The number of carbonyl (C=O) groups excluding carboxylic acids is 1. The molecule has 0 bridgehead atoms. The zero-order chi connectivity index (χ0) is 23.5. The number of hydrogen-bond acceptors (Lipinski definition) is 7. The predicted molar refractivity (Wildman–Crippen MR) is 138 cm³/mol. The van der Waals surface area contributed by atoms with Crippen LogP contribution in [-0.4, -0.2) is 33.9 Å². The van der Waals surface area contributed by atoms with Crippen LogP contribution in [0.5, 0.6) is 0 Å². The lowest BCUT2D eigenvalue weighted by Crippen LogP contribution is -2.19. The Balaban J connectivity index is 1.26. The van der Waals surface area contributed by atoms with Crippen molar-refractivity contribution >= 4 is 40.4 Å². The first-order valence-corrected chi connectivity index (χ1v) is 12.2. The number of aryl methyl sites for hydroxylation is 2. The number of anilines is 4. The van der Waals surface area contributed by atoms with Gasteiger partial charge in [-0.3, -0.25) is 4.79 Å². The molecule has 1 fully saturated rings. The Morgan fingerprint density at radius 1 is 0.912 bits per heavy atom. The molecule has 1 amide bonds. The molecule has 8 heteroatoms. The Morgan fingerprint density at radius 3 is 2.35 bits per heavy atom. The van der Waals surface area contributed by atoms with E-state index in [0.717, 1.165) is 46.6 Å². The molecule has 0 unspecified atom stereocenters. The van der Waals surface area contributed by atoms with Gasteiger partial charge in [-0.25, -0.2) is 9.97 Å². The zero-order valence-electron chi connectivity index (χ0n) is 19.2. The number of hydrogen-bond donors (Lipinski definition) is 2. The van der Waals surface area contributed by atoms with Crippen LogP contribution in [0.3, 0.4) is 0 Å². The molecule has 34 heavy (non-hydrogen) atoms. The van der Waals surface area contributed by atoms with Gasteiger partial charge in [0.15, 0.2) is 0 Å². The highest BCUT2D eigenvalue weighted by molar-refractivity contribution is 7.17. The Hall–Kier alpha value is -3.78. The van der Waals surface area contributed by atoms with Crippen LogP contribution >= 0.6 is 11.3 Å². The smallest absolute Gasteiger partial charge is 0.267 e. The summed E-state index contributed by atoms with van der Waals surface area (Å²) in [7, 11) is 0. The van der Waals surface area contributed by atoms with Gasteiger partial charge in [-0.15, -0.1) is 11.3 Å². The van der Waals surface area contributed by atoms with Gasteiger partial charge in [-0.05, 0) is 51.0 Å². The zero-order valence-corrected chi connectivity index (χ0v) is 20.0. The SMILES string of the molecule is Cc1cc(N2CCCC2)nc(Nc2ccc(NC(=O)c3sc(-c4ccccc4)nc3C)cc2)n1. The predicted octanol–water partition coefficient (Wildman–Crippen LogP) is 5.81. The molecule has 0 saturated carbocycles. The average molecular weight is 471 g/mol. The minimum absolute atomic E-state index is 0.157. The molecule has 172 valence electrons. The highest BCUT2D eigenvalue weighted by atomic mass is 32.1. The molecule has 2 aromatic carbocycles. The van der Waals surface area contributed by atoms with Crippen LogP contribution in [0.25, 0.3) is 10.6 Å². The van der Waals surface area contributed by atoms with Gasteiger partial charge in [0.05, 0.1) is 5.69 Å². The number of rotatable bonds is 6. The summed E-state index contributed by atoms with van der Waals surface area (Å²) in [5, 5.41) is 7.10. The van der Waals surface area contributed by atoms with Crippen LogP contribution in [0.15, 0.2) is 60.7 Å². The number of carbonyl (C=O) groups is 1. The topological polar surface area (TPSA) is 83.0 Å². The minimum atomic E-state index is -0.157. The van der Waals surface area contributed by atoms with Crippen molar-refractivity contribution < 1.29 is 4.79 Å². The lowest BCUT2D eigenvalue weighted by Gasteiger charge is -2.17. The van der Waals surface area contributed by atoms with E-state index in [1.54, 1.807) is 0 Å². The van der Waals surface area contributed by atoms with Crippen molar-refractivity contribution in [2.24, 2.45) is 0 Å².